The Balaban J connectivity index is 2.56. The average Bonchev–Trinajstić information content (AvgIpc) is 2.58. The van der Waals surface area contributed by atoms with E-state index in [9.17, 15) is 44.6 Å². The first-order valence-corrected chi connectivity index (χ1v) is 8.78. The number of aliphatic hydroxyl groups is 1. The van der Waals surface area contributed by atoms with Gasteiger partial charge in [-0.15, -0.1) is 0 Å². The Kier molecular flexibility index (Phi) is 6.47. The number of aromatic nitrogens is 3. The van der Waals surface area contributed by atoms with Crippen molar-refractivity contribution < 1.29 is 44.6 Å². The lowest BCUT2D eigenvalue weighted by Gasteiger charge is -2.36. The molecule has 0 aliphatic heterocycles. The predicted octanol–water partition coefficient (Wildman–Crippen LogP) is 3.03. The van der Waals surface area contributed by atoms with E-state index < -0.39 is 77.8 Å². The zero-order valence-corrected chi connectivity index (χ0v) is 16.3. The first-order valence-electron chi connectivity index (χ1n) is 8.78. The Bertz CT molecular complexity index is 816. The number of hydrogen-bond donors (Lipinski definition) is 3. The van der Waals surface area contributed by atoms with Gasteiger partial charge in [-0.1, -0.05) is 0 Å². The minimum absolute atomic E-state index is 0.485. The first-order chi connectivity index (χ1) is 13.9. The fourth-order valence-electron chi connectivity index (χ4n) is 2.49. The van der Waals surface area contributed by atoms with Crippen LogP contribution in [-0.4, -0.2) is 63.8 Å². The van der Waals surface area contributed by atoms with Crippen molar-refractivity contribution in [1.29, 1.82) is 0 Å². The van der Waals surface area contributed by atoms with Crippen molar-refractivity contribution in [2.45, 2.75) is 62.5 Å². The van der Waals surface area contributed by atoms with Gasteiger partial charge in [0.1, 0.15) is 23.4 Å². The first kappa shape index (κ1) is 25.0. The summed E-state index contributed by atoms with van der Waals surface area (Å²) in [5.41, 5.74) is -3.96. The standard InChI is InChI=1S/C15H17BF9N5O/c1-5(14(20,21)22)26-10-28-9(29-11(30-10)27-6(2)15(23,24)25)7-3-4-12(18,19)13(16,31)8(7)17/h5-6,31H,3-4,16H2,1-2H3,(H2,26,27,28,29,30)/t5-,6-,13-/m1/s1. The summed E-state index contributed by atoms with van der Waals surface area (Å²) in [6.45, 7) is 1.33. The van der Waals surface area contributed by atoms with Gasteiger partial charge >= 0.3 is 12.4 Å². The van der Waals surface area contributed by atoms with Gasteiger partial charge in [0.2, 0.25) is 11.9 Å². The van der Waals surface area contributed by atoms with E-state index in [4.69, 9.17) is 0 Å². The van der Waals surface area contributed by atoms with Crippen LogP contribution in [0.15, 0.2) is 5.83 Å². The van der Waals surface area contributed by atoms with Crippen LogP contribution in [-0.2, 0) is 0 Å². The summed E-state index contributed by atoms with van der Waals surface area (Å²) in [6, 6.07) is -4.51. The number of anilines is 2. The molecule has 0 fully saturated rings. The Morgan fingerprint density at radius 2 is 1.35 bits per heavy atom. The molecule has 1 aliphatic carbocycles. The van der Waals surface area contributed by atoms with Crippen molar-refractivity contribution in [3.8, 4) is 0 Å². The Labute approximate surface area is 170 Å². The summed E-state index contributed by atoms with van der Waals surface area (Å²) in [5, 5.41) is 13.5. The van der Waals surface area contributed by atoms with Crippen LogP contribution in [0.3, 0.4) is 0 Å². The molecule has 0 aromatic carbocycles. The molecule has 1 aromatic rings. The monoisotopic (exact) mass is 465 g/mol. The molecule has 16 heteroatoms. The molecule has 0 amide bonds. The van der Waals surface area contributed by atoms with Crippen molar-refractivity contribution in [2.75, 3.05) is 10.6 Å². The Hall–Kier alpha value is -2.26. The highest BCUT2D eigenvalue weighted by Gasteiger charge is 2.55. The summed E-state index contributed by atoms with van der Waals surface area (Å²) >= 11 is 0. The maximum atomic E-state index is 14.6. The van der Waals surface area contributed by atoms with Gasteiger partial charge in [-0.05, 0) is 20.3 Å². The van der Waals surface area contributed by atoms with E-state index in [2.05, 4.69) is 15.0 Å². The van der Waals surface area contributed by atoms with Crippen molar-refractivity contribution in [3.05, 3.63) is 11.7 Å². The van der Waals surface area contributed by atoms with Crippen LogP contribution in [0, 0.1) is 0 Å². The van der Waals surface area contributed by atoms with Crippen molar-refractivity contribution in [2.24, 2.45) is 0 Å². The third-order valence-corrected chi connectivity index (χ3v) is 4.67. The molecule has 3 N–H and O–H groups in total. The number of nitrogens with one attached hydrogen (secondary N) is 2. The smallest absolute Gasteiger partial charge is 0.386 e. The number of alkyl halides is 8. The molecule has 0 bridgehead atoms. The van der Waals surface area contributed by atoms with Crippen LogP contribution in [0.1, 0.15) is 32.5 Å². The maximum absolute atomic E-state index is 14.6. The van der Waals surface area contributed by atoms with E-state index >= 15 is 0 Å². The van der Waals surface area contributed by atoms with E-state index in [0.29, 0.717) is 21.7 Å². The molecule has 0 radical (unpaired) electrons. The second kappa shape index (κ2) is 8.02. The highest BCUT2D eigenvalue weighted by atomic mass is 19.4. The van der Waals surface area contributed by atoms with Crippen LogP contribution in [0.5, 0.6) is 0 Å². The second-order valence-corrected chi connectivity index (χ2v) is 7.19. The fourth-order valence-corrected chi connectivity index (χ4v) is 2.49. The molecule has 31 heavy (non-hydrogen) atoms. The molecule has 6 nitrogen and oxygen atoms in total. The summed E-state index contributed by atoms with van der Waals surface area (Å²) in [7, 11) is 0.485. The van der Waals surface area contributed by atoms with Gasteiger partial charge in [0, 0.05) is 12.0 Å². The zero-order valence-electron chi connectivity index (χ0n) is 16.3. The normalized spacial score (nSPS) is 24.0. The molecule has 0 saturated heterocycles. The van der Waals surface area contributed by atoms with Gasteiger partial charge in [-0.3, -0.25) is 0 Å². The van der Waals surface area contributed by atoms with Crippen LogP contribution in [0.2, 0.25) is 0 Å². The van der Waals surface area contributed by atoms with Crippen molar-refractivity contribution in [3.63, 3.8) is 0 Å². The number of nitrogens with zero attached hydrogens (tertiary/aromatic N) is 3. The molecule has 1 aromatic heterocycles. The summed E-state index contributed by atoms with van der Waals surface area (Å²) < 4.78 is 119. The van der Waals surface area contributed by atoms with E-state index in [1.165, 1.54) is 0 Å². The van der Waals surface area contributed by atoms with Gasteiger partial charge < -0.3 is 15.7 Å². The zero-order chi connectivity index (χ0) is 24.0. The summed E-state index contributed by atoms with van der Waals surface area (Å²) in [4.78, 5) is 10.5. The minimum Gasteiger partial charge on any atom is -0.386 e. The van der Waals surface area contributed by atoms with E-state index in [1.807, 2.05) is 0 Å². The molecular weight excluding hydrogens is 448 g/mol. The lowest BCUT2D eigenvalue weighted by Crippen LogP contribution is -2.51. The second-order valence-electron chi connectivity index (χ2n) is 7.19. The van der Waals surface area contributed by atoms with E-state index in [0.717, 1.165) is 0 Å². The van der Waals surface area contributed by atoms with Crippen molar-refractivity contribution >= 4 is 25.3 Å². The number of halogens is 9. The highest BCUT2D eigenvalue weighted by Crippen LogP contribution is 2.46. The van der Waals surface area contributed by atoms with E-state index in [-0.39, 0.29) is 0 Å². The third kappa shape index (κ3) is 5.33. The Morgan fingerprint density at radius 3 is 1.74 bits per heavy atom. The molecule has 0 saturated carbocycles. The average molecular weight is 465 g/mol. The Morgan fingerprint density at radius 1 is 0.935 bits per heavy atom. The number of rotatable bonds is 5. The number of hydrogen-bond acceptors (Lipinski definition) is 6. The fraction of sp³-hybridized carbons (Fsp3) is 0.667. The van der Waals surface area contributed by atoms with Gasteiger partial charge in [0.25, 0.3) is 5.92 Å². The highest BCUT2D eigenvalue weighted by molar-refractivity contribution is 6.18. The number of allylic oxidation sites excluding steroid dienone is 1. The lowest BCUT2D eigenvalue weighted by atomic mass is 9.68. The molecule has 1 aliphatic rings. The van der Waals surface area contributed by atoms with Crippen LogP contribution < -0.4 is 10.6 Å². The van der Waals surface area contributed by atoms with Crippen LogP contribution in [0.25, 0.3) is 5.57 Å². The topological polar surface area (TPSA) is 83.0 Å². The quantitative estimate of drug-likeness (QED) is 0.459. The summed E-state index contributed by atoms with van der Waals surface area (Å²) in [6.07, 6.45) is -11.4. The molecule has 0 spiro atoms. The summed E-state index contributed by atoms with van der Waals surface area (Å²) in [5.74, 6) is -8.16. The van der Waals surface area contributed by atoms with E-state index in [1.54, 1.807) is 10.6 Å². The predicted molar refractivity (Wildman–Crippen MR) is 93.8 cm³/mol. The maximum Gasteiger partial charge on any atom is 0.408 e. The van der Waals surface area contributed by atoms with Crippen LogP contribution >= 0.6 is 0 Å². The lowest BCUT2D eigenvalue weighted by molar-refractivity contribution is -0.139. The molecular formula is C15H17BF9N5O. The largest absolute Gasteiger partial charge is 0.408 e. The third-order valence-electron chi connectivity index (χ3n) is 4.67. The minimum atomic E-state index is -4.79. The van der Waals surface area contributed by atoms with Gasteiger partial charge in [-0.2, -0.15) is 41.3 Å². The molecule has 0 unspecified atom stereocenters. The molecule has 3 atom stereocenters. The molecule has 1 heterocycles. The molecule has 174 valence electrons. The van der Waals surface area contributed by atoms with Gasteiger partial charge in [0.15, 0.2) is 13.7 Å². The van der Waals surface area contributed by atoms with Crippen molar-refractivity contribution in [1.82, 2.24) is 15.0 Å². The SMILES string of the molecule is B[C@@]1(O)C(F)=C(c2nc(N[C@H](C)C(F)(F)F)nc(N[C@H](C)C(F)(F)F)n2)CCC1(F)F. The molecule has 2 rings (SSSR count). The van der Waals surface area contributed by atoms with Gasteiger partial charge in [-0.25, -0.2) is 13.2 Å². The van der Waals surface area contributed by atoms with Gasteiger partial charge in [0.05, 0.1) is 0 Å². The van der Waals surface area contributed by atoms with Crippen LogP contribution in [0.4, 0.5) is 51.4 Å².